The van der Waals surface area contributed by atoms with E-state index in [0.717, 1.165) is 5.76 Å². The maximum atomic E-state index is 12.7. The molecule has 0 spiro atoms. The van der Waals surface area contributed by atoms with Gasteiger partial charge >= 0.3 is 0 Å². The number of aromatic nitrogens is 4. The van der Waals surface area contributed by atoms with E-state index < -0.39 is 10.0 Å². The number of nitrogens with one attached hydrogen (secondary N) is 2. The molecule has 8 nitrogen and oxygen atoms in total. The van der Waals surface area contributed by atoms with Crippen LogP contribution < -0.4 is 4.72 Å². The van der Waals surface area contributed by atoms with Crippen LogP contribution >= 0.6 is 0 Å². The first kappa shape index (κ1) is 16.3. The van der Waals surface area contributed by atoms with E-state index in [1.807, 2.05) is 19.1 Å². The SMILES string of the molecule is Cc1ccc(-c2[nH]nc(NS(=O)(=O)c3c(C)nn(C)c3C)c2C)o1. The summed E-state index contributed by atoms with van der Waals surface area (Å²) in [4.78, 5) is 0.169. The molecule has 0 aromatic carbocycles. The third-order valence-electron chi connectivity index (χ3n) is 3.94. The maximum absolute atomic E-state index is 12.7. The summed E-state index contributed by atoms with van der Waals surface area (Å²) < 4.78 is 35.1. The molecule has 0 fully saturated rings. The van der Waals surface area contributed by atoms with Crippen LogP contribution in [0.3, 0.4) is 0 Å². The van der Waals surface area contributed by atoms with Gasteiger partial charge < -0.3 is 4.42 Å². The Morgan fingerprint density at radius 2 is 1.92 bits per heavy atom. The molecule has 0 bridgehead atoms. The minimum absolute atomic E-state index is 0.169. The second-order valence-corrected chi connectivity index (χ2v) is 7.33. The number of anilines is 1. The molecule has 128 valence electrons. The Morgan fingerprint density at radius 3 is 2.46 bits per heavy atom. The molecule has 3 rings (SSSR count). The highest BCUT2D eigenvalue weighted by Gasteiger charge is 2.26. The third kappa shape index (κ3) is 2.60. The molecule has 24 heavy (non-hydrogen) atoms. The Kier molecular flexibility index (Phi) is 3.75. The standard InChI is InChI=1S/C15H19N5O3S/c1-8-6-7-12(23-8)13-9(2)15(17-16-13)19-24(21,22)14-10(3)18-20(5)11(14)4/h6-7H,1-5H3,(H2,16,17,19). The van der Waals surface area contributed by atoms with Crippen LogP contribution in [0.4, 0.5) is 5.82 Å². The number of hydrogen-bond donors (Lipinski definition) is 2. The molecule has 3 heterocycles. The fraction of sp³-hybridized carbons (Fsp3) is 0.333. The number of sulfonamides is 1. The van der Waals surface area contributed by atoms with E-state index in [-0.39, 0.29) is 10.7 Å². The Labute approximate surface area is 139 Å². The van der Waals surface area contributed by atoms with Gasteiger partial charge in [-0.15, -0.1) is 0 Å². The quantitative estimate of drug-likeness (QED) is 0.752. The molecule has 0 amide bonds. The summed E-state index contributed by atoms with van der Waals surface area (Å²) >= 11 is 0. The number of H-pyrrole nitrogens is 1. The zero-order chi connectivity index (χ0) is 17.6. The Bertz CT molecular complexity index is 1010. The van der Waals surface area contributed by atoms with Crippen LogP contribution in [0.2, 0.25) is 0 Å². The van der Waals surface area contributed by atoms with E-state index in [4.69, 9.17) is 4.42 Å². The lowest BCUT2D eigenvalue weighted by molar-refractivity contribution is 0.546. The number of furan rings is 1. The van der Waals surface area contributed by atoms with Gasteiger partial charge in [-0.2, -0.15) is 10.2 Å². The molecule has 9 heteroatoms. The molecule has 2 N–H and O–H groups in total. The molecule has 0 saturated heterocycles. The number of aromatic amines is 1. The predicted octanol–water partition coefficient (Wildman–Crippen LogP) is 2.44. The van der Waals surface area contributed by atoms with E-state index in [1.54, 1.807) is 32.5 Å². The molecular weight excluding hydrogens is 330 g/mol. The summed E-state index contributed by atoms with van der Waals surface area (Å²) in [6, 6.07) is 3.64. The van der Waals surface area contributed by atoms with Crippen molar-refractivity contribution in [3.63, 3.8) is 0 Å². The predicted molar refractivity (Wildman–Crippen MR) is 89.3 cm³/mol. The molecule has 0 aliphatic heterocycles. The molecule has 3 aromatic rings. The van der Waals surface area contributed by atoms with Crippen molar-refractivity contribution >= 4 is 15.8 Å². The van der Waals surface area contributed by atoms with E-state index in [9.17, 15) is 8.42 Å². The van der Waals surface area contributed by atoms with E-state index >= 15 is 0 Å². The van der Waals surface area contributed by atoms with Gasteiger partial charge in [-0.05, 0) is 39.8 Å². The van der Waals surface area contributed by atoms with Crippen molar-refractivity contribution in [3.8, 4) is 11.5 Å². The number of rotatable bonds is 4. The highest BCUT2D eigenvalue weighted by molar-refractivity contribution is 7.92. The van der Waals surface area contributed by atoms with Crippen LogP contribution in [-0.2, 0) is 17.1 Å². The van der Waals surface area contributed by atoms with Gasteiger partial charge in [0.1, 0.15) is 16.3 Å². The van der Waals surface area contributed by atoms with Crippen molar-refractivity contribution in [2.24, 2.45) is 7.05 Å². The maximum Gasteiger partial charge on any atom is 0.266 e. The van der Waals surface area contributed by atoms with Gasteiger partial charge in [0.15, 0.2) is 11.6 Å². The van der Waals surface area contributed by atoms with Gasteiger partial charge in [0.05, 0.1) is 11.4 Å². The fourth-order valence-electron chi connectivity index (χ4n) is 2.63. The third-order valence-corrected chi connectivity index (χ3v) is 5.53. The molecule has 0 saturated carbocycles. The molecule has 0 unspecified atom stereocenters. The molecule has 0 aliphatic carbocycles. The van der Waals surface area contributed by atoms with Crippen LogP contribution in [0.5, 0.6) is 0 Å². The van der Waals surface area contributed by atoms with E-state index in [2.05, 4.69) is 20.0 Å². The topological polar surface area (TPSA) is 106 Å². The van der Waals surface area contributed by atoms with Crippen molar-refractivity contribution < 1.29 is 12.8 Å². The van der Waals surface area contributed by atoms with Crippen molar-refractivity contribution in [1.82, 2.24) is 20.0 Å². The molecule has 3 aromatic heterocycles. The first-order valence-corrected chi connectivity index (χ1v) is 8.84. The van der Waals surface area contributed by atoms with Gasteiger partial charge in [-0.3, -0.25) is 14.5 Å². The van der Waals surface area contributed by atoms with Crippen molar-refractivity contribution in [1.29, 1.82) is 0 Å². The first-order chi connectivity index (χ1) is 11.2. The summed E-state index contributed by atoms with van der Waals surface area (Å²) in [7, 11) is -2.08. The van der Waals surface area contributed by atoms with Gasteiger partial charge in [0.2, 0.25) is 0 Å². The average Bonchev–Trinajstić information content (AvgIpc) is 3.11. The van der Waals surface area contributed by atoms with Crippen molar-refractivity contribution in [2.45, 2.75) is 32.6 Å². The van der Waals surface area contributed by atoms with E-state index in [0.29, 0.717) is 28.4 Å². The smallest absolute Gasteiger partial charge is 0.266 e. The van der Waals surface area contributed by atoms with E-state index in [1.165, 1.54) is 0 Å². The van der Waals surface area contributed by atoms with Gasteiger partial charge in [-0.25, -0.2) is 8.42 Å². The lowest BCUT2D eigenvalue weighted by Gasteiger charge is -2.07. The van der Waals surface area contributed by atoms with Crippen LogP contribution in [0, 0.1) is 27.7 Å². The summed E-state index contributed by atoms with van der Waals surface area (Å²) in [5.74, 6) is 1.61. The van der Waals surface area contributed by atoms with Crippen LogP contribution in [-0.4, -0.2) is 28.4 Å². The summed E-state index contributed by atoms with van der Waals surface area (Å²) in [5, 5.41) is 11.0. The van der Waals surface area contributed by atoms with Crippen LogP contribution in [0.15, 0.2) is 21.4 Å². The molecule has 0 atom stereocenters. The summed E-state index contributed by atoms with van der Waals surface area (Å²) in [6.07, 6.45) is 0. The highest BCUT2D eigenvalue weighted by atomic mass is 32.2. The second kappa shape index (κ2) is 5.52. The number of nitrogens with zero attached hydrogens (tertiary/aromatic N) is 3. The summed E-state index contributed by atoms with van der Waals surface area (Å²) in [5.41, 5.74) is 2.31. The lowest BCUT2D eigenvalue weighted by Crippen LogP contribution is -2.15. The number of hydrogen-bond acceptors (Lipinski definition) is 5. The van der Waals surface area contributed by atoms with Gasteiger partial charge in [0, 0.05) is 12.6 Å². The summed E-state index contributed by atoms with van der Waals surface area (Å²) in [6.45, 7) is 6.99. The Balaban J connectivity index is 1.98. The zero-order valence-electron chi connectivity index (χ0n) is 14.1. The van der Waals surface area contributed by atoms with Crippen LogP contribution in [0.1, 0.15) is 22.7 Å². The fourth-order valence-corrected chi connectivity index (χ4v) is 4.13. The van der Waals surface area contributed by atoms with Crippen molar-refractivity contribution in [3.05, 3.63) is 34.8 Å². The second-order valence-electron chi connectivity index (χ2n) is 5.71. The normalized spacial score (nSPS) is 11.9. The first-order valence-electron chi connectivity index (χ1n) is 7.35. The minimum atomic E-state index is -3.79. The lowest BCUT2D eigenvalue weighted by atomic mass is 10.2. The average molecular weight is 349 g/mol. The van der Waals surface area contributed by atoms with Gasteiger partial charge in [-0.1, -0.05) is 0 Å². The monoisotopic (exact) mass is 349 g/mol. The zero-order valence-corrected chi connectivity index (χ0v) is 14.9. The number of aryl methyl sites for hydroxylation is 3. The molecular formula is C15H19N5O3S. The molecule has 0 radical (unpaired) electrons. The highest BCUT2D eigenvalue weighted by Crippen LogP contribution is 2.29. The largest absolute Gasteiger partial charge is 0.460 e. The Hall–Kier alpha value is -2.55. The van der Waals surface area contributed by atoms with Crippen molar-refractivity contribution in [2.75, 3.05) is 4.72 Å². The Morgan fingerprint density at radius 1 is 1.21 bits per heavy atom. The van der Waals surface area contributed by atoms with Gasteiger partial charge in [0.25, 0.3) is 10.0 Å². The minimum Gasteiger partial charge on any atom is -0.460 e. The molecule has 0 aliphatic rings. The van der Waals surface area contributed by atoms with Crippen LogP contribution in [0.25, 0.3) is 11.5 Å².